The van der Waals surface area contributed by atoms with Crippen LogP contribution in [0.2, 0.25) is 0 Å². The molecule has 4 rings (SSSR count). The van der Waals surface area contributed by atoms with Crippen molar-refractivity contribution in [2.75, 3.05) is 51.3 Å². The van der Waals surface area contributed by atoms with Gasteiger partial charge in [0, 0.05) is 11.8 Å². The Morgan fingerprint density at radius 3 is 2.43 bits per heavy atom. The van der Waals surface area contributed by atoms with Crippen LogP contribution >= 0.6 is 0 Å². The molecule has 0 amide bonds. The van der Waals surface area contributed by atoms with Crippen molar-refractivity contribution < 1.29 is 14.4 Å². The number of hydrogen-bond acceptors (Lipinski definition) is 3. The molecule has 1 N–H and O–H groups in total. The van der Waals surface area contributed by atoms with Crippen LogP contribution in [0.4, 0.5) is 5.69 Å². The molecule has 0 saturated carbocycles. The lowest BCUT2D eigenvalue weighted by molar-refractivity contribution is -0.900. The molecule has 4 heteroatoms. The predicted molar refractivity (Wildman–Crippen MR) is 115 cm³/mol. The standard InChI is InChI=1S/C24H28N2O2/c1-27-24-12-5-4-11-22(24)26-17-15-25(16-18-26)14-7-19-28-23-13-6-9-20-8-2-3-10-21(20)23/h2-6,8-13H,7,14-19H2,1H3/p+1. The Kier molecular flexibility index (Phi) is 5.98. The molecule has 0 aliphatic carbocycles. The summed E-state index contributed by atoms with van der Waals surface area (Å²) >= 11 is 0. The van der Waals surface area contributed by atoms with Gasteiger partial charge in [-0.15, -0.1) is 0 Å². The Hall–Kier alpha value is -2.72. The Morgan fingerprint density at radius 1 is 0.857 bits per heavy atom. The van der Waals surface area contributed by atoms with Gasteiger partial charge in [-0.05, 0) is 23.6 Å². The van der Waals surface area contributed by atoms with Crippen LogP contribution in [0, 0.1) is 0 Å². The normalized spacial score (nSPS) is 15.0. The lowest BCUT2D eigenvalue weighted by atomic mass is 10.1. The van der Waals surface area contributed by atoms with E-state index in [2.05, 4.69) is 59.5 Å². The SMILES string of the molecule is COc1ccccc1N1CC[NH+](CCCOc2cccc3ccccc23)CC1. The largest absolute Gasteiger partial charge is 0.495 e. The molecule has 0 unspecified atom stereocenters. The van der Waals surface area contributed by atoms with E-state index >= 15 is 0 Å². The van der Waals surface area contributed by atoms with Gasteiger partial charge in [0.2, 0.25) is 0 Å². The van der Waals surface area contributed by atoms with Crippen LogP contribution in [0.15, 0.2) is 66.7 Å². The van der Waals surface area contributed by atoms with E-state index in [1.54, 1.807) is 12.0 Å². The van der Waals surface area contributed by atoms with E-state index in [4.69, 9.17) is 9.47 Å². The van der Waals surface area contributed by atoms with Crippen LogP contribution in [0.3, 0.4) is 0 Å². The third-order valence-corrected chi connectivity index (χ3v) is 5.58. The predicted octanol–water partition coefficient (Wildman–Crippen LogP) is 3.02. The average Bonchev–Trinajstić information content (AvgIpc) is 2.77. The smallest absolute Gasteiger partial charge is 0.142 e. The Bertz CT molecular complexity index is 899. The number of hydrogen-bond donors (Lipinski definition) is 1. The first-order valence-corrected chi connectivity index (χ1v) is 10.2. The van der Waals surface area contributed by atoms with E-state index in [1.165, 1.54) is 16.5 Å². The summed E-state index contributed by atoms with van der Waals surface area (Å²) in [6.45, 7) is 6.39. The Morgan fingerprint density at radius 2 is 1.57 bits per heavy atom. The van der Waals surface area contributed by atoms with Gasteiger partial charge in [-0.3, -0.25) is 0 Å². The molecule has 4 nitrogen and oxygen atoms in total. The molecule has 3 aromatic rings. The Labute approximate surface area is 167 Å². The number of anilines is 1. The van der Waals surface area contributed by atoms with Crippen molar-refractivity contribution in [2.45, 2.75) is 6.42 Å². The maximum atomic E-state index is 6.09. The van der Waals surface area contributed by atoms with E-state index in [0.29, 0.717) is 0 Å². The Balaban J connectivity index is 1.24. The van der Waals surface area contributed by atoms with Crippen molar-refractivity contribution in [2.24, 2.45) is 0 Å². The van der Waals surface area contributed by atoms with E-state index in [9.17, 15) is 0 Å². The minimum absolute atomic E-state index is 0.772. The number of quaternary nitrogens is 1. The van der Waals surface area contributed by atoms with Gasteiger partial charge >= 0.3 is 0 Å². The highest BCUT2D eigenvalue weighted by molar-refractivity contribution is 5.88. The molecule has 1 heterocycles. The quantitative estimate of drug-likeness (QED) is 0.641. The minimum Gasteiger partial charge on any atom is -0.495 e. The number of benzene rings is 3. The molecule has 146 valence electrons. The highest BCUT2D eigenvalue weighted by Gasteiger charge is 2.21. The number of piperazine rings is 1. The first kappa shape index (κ1) is 18.6. The van der Waals surface area contributed by atoms with Crippen molar-refractivity contribution in [3.05, 3.63) is 66.7 Å². The molecule has 1 saturated heterocycles. The first-order chi connectivity index (χ1) is 13.8. The van der Waals surface area contributed by atoms with Gasteiger partial charge in [0.05, 0.1) is 52.1 Å². The zero-order valence-corrected chi connectivity index (χ0v) is 16.6. The second kappa shape index (κ2) is 8.98. The third-order valence-electron chi connectivity index (χ3n) is 5.58. The fraction of sp³-hybridized carbons (Fsp3) is 0.333. The fourth-order valence-corrected chi connectivity index (χ4v) is 4.03. The van der Waals surface area contributed by atoms with Gasteiger partial charge in [-0.1, -0.05) is 48.5 Å². The molecular formula is C24H29N2O2+. The topological polar surface area (TPSA) is 26.1 Å². The van der Waals surface area contributed by atoms with Crippen molar-refractivity contribution >= 4 is 16.5 Å². The van der Waals surface area contributed by atoms with Crippen molar-refractivity contribution in [1.29, 1.82) is 0 Å². The zero-order valence-electron chi connectivity index (χ0n) is 16.6. The summed E-state index contributed by atoms with van der Waals surface area (Å²) in [7, 11) is 1.75. The van der Waals surface area contributed by atoms with E-state index in [1.807, 2.05) is 12.1 Å². The summed E-state index contributed by atoms with van der Waals surface area (Å²) in [5.41, 5.74) is 1.21. The fourth-order valence-electron chi connectivity index (χ4n) is 4.03. The molecular weight excluding hydrogens is 348 g/mol. The maximum absolute atomic E-state index is 6.09. The molecule has 0 atom stereocenters. The van der Waals surface area contributed by atoms with E-state index < -0.39 is 0 Å². The van der Waals surface area contributed by atoms with Crippen LogP contribution in [0.5, 0.6) is 11.5 Å². The second-order valence-corrected chi connectivity index (χ2v) is 7.34. The van der Waals surface area contributed by atoms with Gasteiger partial charge in [-0.25, -0.2) is 0 Å². The summed E-state index contributed by atoms with van der Waals surface area (Å²) in [6.07, 6.45) is 1.08. The van der Waals surface area contributed by atoms with Crippen LogP contribution in [-0.4, -0.2) is 46.4 Å². The van der Waals surface area contributed by atoms with Gasteiger partial charge in [0.25, 0.3) is 0 Å². The summed E-state index contributed by atoms with van der Waals surface area (Å²) in [6, 6.07) is 23.0. The van der Waals surface area contributed by atoms with Gasteiger partial charge < -0.3 is 19.3 Å². The van der Waals surface area contributed by atoms with Crippen molar-refractivity contribution in [3.8, 4) is 11.5 Å². The highest BCUT2D eigenvalue weighted by Crippen LogP contribution is 2.27. The molecule has 0 spiro atoms. The van der Waals surface area contributed by atoms with E-state index in [0.717, 1.165) is 57.3 Å². The van der Waals surface area contributed by atoms with Crippen LogP contribution in [0.25, 0.3) is 10.8 Å². The summed E-state index contributed by atoms with van der Waals surface area (Å²) < 4.78 is 11.6. The molecule has 1 aliphatic rings. The molecule has 3 aromatic carbocycles. The van der Waals surface area contributed by atoms with Crippen LogP contribution in [-0.2, 0) is 0 Å². The molecule has 0 bridgehead atoms. The number of methoxy groups -OCH3 is 1. The zero-order chi connectivity index (χ0) is 19.2. The monoisotopic (exact) mass is 377 g/mol. The van der Waals surface area contributed by atoms with Gasteiger partial charge in [-0.2, -0.15) is 0 Å². The molecule has 28 heavy (non-hydrogen) atoms. The summed E-state index contributed by atoms with van der Waals surface area (Å²) in [5, 5.41) is 2.43. The highest BCUT2D eigenvalue weighted by atomic mass is 16.5. The molecule has 0 aromatic heterocycles. The van der Waals surface area contributed by atoms with Gasteiger partial charge in [0.1, 0.15) is 11.5 Å². The lowest BCUT2D eigenvalue weighted by Crippen LogP contribution is -3.14. The van der Waals surface area contributed by atoms with E-state index in [-0.39, 0.29) is 0 Å². The lowest BCUT2D eigenvalue weighted by Gasteiger charge is -2.34. The number of ether oxygens (including phenoxy) is 2. The van der Waals surface area contributed by atoms with Crippen LogP contribution < -0.4 is 19.3 Å². The second-order valence-electron chi connectivity index (χ2n) is 7.34. The number of nitrogens with one attached hydrogen (secondary N) is 1. The minimum atomic E-state index is 0.772. The molecule has 1 aliphatic heterocycles. The number of para-hydroxylation sites is 2. The first-order valence-electron chi connectivity index (χ1n) is 10.2. The van der Waals surface area contributed by atoms with Gasteiger partial charge in [0.15, 0.2) is 0 Å². The number of fused-ring (bicyclic) bond motifs is 1. The number of nitrogens with zero attached hydrogens (tertiary/aromatic N) is 1. The molecule has 1 fully saturated rings. The summed E-state index contributed by atoms with van der Waals surface area (Å²) in [5.74, 6) is 1.96. The summed E-state index contributed by atoms with van der Waals surface area (Å²) in [4.78, 5) is 4.10. The van der Waals surface area contributed by atoms with Crippen molar-refractivity contribution in [3.63, 3.8) is 0 Å². The van der Waals surface area contributed by atoms with Crippen molar-refractivity contribution in [1.82, 2.24) is 0 Å². The third kappa shape index (κ3) is 4.23. The van der Waals surface area contributed by atoms with Crippen LogP contribution in [0.1, 0.15) is 6.42 Å². The average molecular weight is 378 g/mol. The maximum Gasteiger partial charge on any atom is 0.142 e. The molecule has 0 radical (unpaired) electrons. The number of rotatable bonds is 7.